The number of hydrogen-bond donors (Lipinski definition) is 2. The van der Waals surface area contributed by atoms with E-state index >= 15 is 0 Å². The number of carbonyl (C=O) groups is 1. The zero-order chi connectivity index (χ0) is 18.9. The Balaban J connectivity index is 2.21. The van der Waals surface area contributed by atoms with Gasteiger partial charge >= 0.3 is 0 Å². The third kappa shape index (κ3) is 3.49. The van der Waals surface area contributed by atoms with Crippen molar-refractivity contribution in [2.45, 2.75) is 26.3 Å². The van der Waals surface area contributed by atoms with Gasteiger partial charge in [0.05, 0.1) is 18.4 Å². The quantitative estimate of drug-likeness (QED) is 0.651. The minimum Gasteiger partial charge on any atom is -0.507 e. The topological polar surface area (TPSA) is 58.6 Å². The van der Waals surface area contributed by atoms with E-state index in [1.807, 2.05) is 45.0 Å². The van der Waals surface area contributed by atoms with E-state index in [-0.39, 0.29) is 22.6 Å². The number of anilines is 1. The largest absolute Gasteiger partial charge is 0.507 e. The lowest BCUT2D eigenvalue weighted by atomic mass is 9.94. The van der Waals surface area contributed by atoms with Crippen molar-refractivity contribution in [3.05, 3.63) is 65.7 Å². The molecule has 26 heavy (non-hydrogen) atoms. The van der Waals surface area contributed by atoms with Crippen LogP contribution in [-0.4, -0.2) is 23.5 Å². The molecule has 0 heterocycles. The van der Waals surface area contributed by atoms with Crippen LogP contribution in [0.2, 0.25) is 0 Å². The first-order valence-corrected chi connectivity index (χ1v) is 8.52. The molecular formula is C22H23NO3. The van der Waals surface area contributed by atoms with E-state index in [2.05, 4.69) is 5.32 Å². The van der Waals surface area contributed by atoms with Crippen molar-refractivity contribution in [1.82, 2.24) is 0 Å². The third-order valence-electron chi connectivity index (χ3n) is 4.11. The first kappa shape index (κ1) is 17.8. The van der Waals surface area contributed by atoms with Crippen LogP contribution in [-0.2, 0) is 0 Å². The highest BCUT2D eigenvalue weighted by Crippen LogP contribution is 2.37. The van der Waals surface area contributed by atoms with E-state index in [4.69, 9.17) is 4.74 Å². The Bertz CT molecular complexity index is 954. The average molecular weight is 349 g/mol. The van der Waals surface area contributed by atoms with Crippen LogP contribution in [0, 0.1) is 0 Å². The molecule has 0 saturated heterocycles. The molecule has 3 rings (SSSR count). The maximum absolute atomic E-state index is 13.2. The molecule has 0 aliphatic carbocycles. The van der Waals surface area contributed by atoms with Crippen LogP contribution in [0.1, 0.15) is 36.7 Å². The van der Waals surface area contributed by atoms with Crippen LogP contribution in [0.5, 0.6) is 11.5 Å². The fourth-order valence-corrected chi connectivity index (χ4v) is 2.95. The summed E-state index contributed by atoms with van der Waals surface area (Å²) in [7, 11) is 1.58. The first-order chi connectivity index (χ1) is 12.3. The SMILES string of the molecule is COc1ccc(C(=O)c2c(O)cc3ccccc3c2NC(C)(C)C)cc1. The summed E-state index contributed by atoms with van der Waals surface area (Å²) >= 11 is 0. The van der Waals surface area contributed by atoms with Gasteiger partial charge in [0.2, 0.25) is 0 Å². The monoisotopic (exact) mass is 349 g/mol. The van der Waals surface area contributed by atoms with Gasteiger partial charge in [0.25, 0.3) is 0 Å². The number of ketones is 1. The van der Waals surface area contributed by atoms with Gasteiger partial charge in [-0.15, -0.1) is 0 Å². The van der Waals surface area contributed by atoms with Crippen LogP contribution in [0.4, 0.5) is 5.69 Å². The number of nitrogens with one attached hydrogen (secondary N) is 1. The number of ether oxygens (including phenoxy) is 1. The molecule has 0 spiro atoms. The Hall–Kier alpha value is -3.01. The fraction of sp³-hybridized carbons (Fsp3) is 0.227. The van der Waals surface area contributed by atoms with Crippen LogP contribution in [0.3, 0.4) is 0 Å². The summed E-state index contributed by atoms with van der Waals surface area (Å²) in [5.74, 6) is 0.413. The number of phenols is 1. The minimum atomic E-state index is -0.272. The number of hydrogen-bond acceptors (Lipinski definition) is 4. The van der Waals surface area contributed by atoms with Crippen molar-refractivity contribution in [1.29, 1.82) is 0 Å². The van der Waals surface area contributed by atoms with Gasteiger partial charge < -0.3 is 15.2 Å². The Labute approximate surface area is 153 Å². The fourth-order valence-electron chi connectivity index (χ4n) is 2.95. The molecule has 0 aromatic heterocycles. The van der Waals surface area contributed by atoms with E-state index in [1.54, 1.807) is 37.4 Å². The van der Waals surface area contributed by atoms with E-state index in [0.29, 0.717) is 17.0 Å². The molecule has 0 saturated carbocycles. The van der Waals surface area contributed by atoms with Gasteiger partial charge in [-0.05, 0) is 56.5 Å². The number of phenolic OH excluding ortho intramolecular Hbond substituents is 1. The molecule has 4 nitrogen and oxygen atoms in total. The van der Waals surface area contributed by atoms with Gasteiger partial charge in [-0.1, -0.05) is 24.3 Å². The van der Waals surface area contributed by atoms with Gasteiger partial charge in [0.15, 0.2) is 5.78 Å². The molecule has 134 valence electrons. The maximum atomic E-state index is 13.2. The van der Waals surface area contributed by atoms with Gasteiger partial charge in [0, 0.05) is 16.5 Å². The highest BCUT2D eigenvalue weighted by Gasteiger charge is 2.23. The Morgan fingerprint density at radius 1 is 1.04 bits per heavy atom. The Kier molecular flexibility index (Phi) is 4.60. The van der Waals surface area contributed by atoms with E-state index in [9.17, 15) is 9.90 Å². The molecule has 3 aromatic rings. The number of carbonyl (C=O) groups excluding carboxylic acids is 1. The second-order valence-corrected chi connectivity index (χ2v) is 7.30. The standard InChI is InChI=1S/C22H23NO3/c1-22(2,3)23-20-17-8-6-5-7-15(17)13-18(24)19(20)21(25)14-9-11-16(26-4)12-10-14/h5-13,23-24H,1-4H3. The predicted octanol–water partition coefficient (Wildman–Crippen LogP) is 5.00. The van der Waals surface area contributed by atoms with Crippen LogP contribution in [0.15, 0.2) is 54.6 Å². The Morgan fingerprint density at radius 2 is 1.69 bits per heavy atom. The molecule has 0 unspecified atom stereocenters. The summed E-state index contributed by atoms with van der Waals surface area (Å²) in [5.41, 5.74) is 1.15. The molecule has 0 aliphatic rings. The molecule has 0 aliphatic heterocycles. The molecule has 0 amide bonds. The second kappa shape index (κ2) is 6.71. The maximum Gasteiger partial charge on any atom is 0.198 e. The smallest absolute Gasteiger partial charge is 0.198 e. The van der Waals surface area contributed by atoms with Crippen molar-refractivity contribution >= 4 is 22.2 Å². The molecule has 0 fully saturated rings. The van der Waals surface area contributed by atoms with Gasteiger partial charge in [0.1, 0.15) is 11.5 Å². The first-order valence-electron chi connectivity index (χ1n) is 8.52. The molecule has 0 atom stereocenters. The van der Waals surface area contributed by atoms with Crippen LogP contribution < -0.4 is 10.1 Å². The van der Waals surface area contributed by atoms with E-state index in [1.165, 1.54) is 0 Å². The highest BCUT2D eigenvalue weighted by molar-refractivity contribution is 6.18. The van der Waals surface area contributed by atoms with Gasteiger partial charge in [-0.25, -0.2) is 0 Å². The predicted molar refractivity (Wildman–Crippen MR) is 105 cm³/mol. The van der Waals surface area contributed by atoms with Gasteiger partial charge in [-0.2, -0.15) is 0 Å². The normalized spacial score (nSPS) is 11.4. The lowest BCUT2D eigenvalue weighted by Crippen LogP contribution is -2.27. The number of aromatic hydroxyl groups is 1. The van der Waals surface area contributed by atoms with Crippen molar-refractivity contribution in [3.63, 3.8) is 0 Å². The van der Waals surface area contributed by atoms with Crippen molar-refractivity contribution in [2.75, 3.05) is 12.4 Å². The number of benzene rings is 3. The number of rotatable bonds is 4. The zero-order valence-corrected chi connectivity index (χ0v) is 15.5. The summed E-state index contributed by atoms with van der Waals surface area (Å²) in [6, 6.07) is 16.2. The summed E-state index contributed by atoms with van der Waals surface area (Å²) in [5, 5.41) is 15.8. The van der Waals surface area contributed by atoms with Crippen LogP contribution >= 0.6 is 0 Å². The second-order valence-electron chi connectivity index (χ2n) is 7.30. The number of fused-ring (bicyclic) bond motifs is 1. The molecule has 0 bridgehead atoms. The van der Waals surface area contributed by atoms with Crippen molar-refractivity contribution in [3.8, 4) is 11.5 Å². The van der Waals surface area contributed by atoms with E-state index in [0.717, 1.165) is 10.8 Å². The minimum absolute atomic E-state index is 0.0312. The summed E-state index contributed by atoms with van der Waals surface area (Å²) in [4.78, 5) is 13.2. The third-order valence-corrected chi connectivity index (χ3v) is 4.11. The van der Waals surface area contributed by atoms with Crippen molar-refractivity contribution < 1.29 is 14.6 Å². The molecule has 2 N–H and O–H groups in total. The van der Waals surface area contributed by atoms with Crippen LogP contribution in [0.25, 0.3) is 10.8 Å². The number of methoxy groups -OCH3 is 1. The van der Waals surface area contributed by atoms with Crippen molar-refractivity contribution in [2.24, 2.45) is 0 Å². The molecule has 4 heteroatoms. The summed E-state index contributed by atoms with van der Waals surface area (Å²) in [6.07, 6.45) is 0. The summed E-state index contributed by atoms with van der Waals surface area (Å²) < 4.78 is 5.15. The van der Waals surface area contributed by atoms with Gasteiger partial charge in [-0.3, -0.25) is 4.79 Å². The lowest BCUT2D eigenvalue weighted by molar-refractivity contribution is 0.103. The molecule has 0 radical (unpaired) electrons. The van der Waals surface area contributed by atoms with E-state index < -0.39 is 0 Å². The zero-order valence-electron chi connectivity index (χ0n) is 15.5. The summed E-state index contributed by atoms with van der Waals surface area (Å²) in [6.45, 7) is 6.06. The molecule has 3 aromatic carbocycles. The average Bonchev–Trinajstić information content (AvgIpc) is 2.60. The Morgan fingerprint density at radius 3 is 2.31 bits per heavy atom. The highest BCUT2D eigenvalue weighted by atomic mass is 16.5. The molecular weight excluding hydrogens is 326 g/mol. The lowest BCUT2D eigenvalue weighted by Gasteiger charge is -2.26.